The summed E-state index contributed by atoms with van der Waals surface area (Å²) in [6.07, 6.45) is 0. The van der Waals surface area contributed by atoms with Crippen molar-refractivity contribution in [1.82, 2.24) is 4.90 Å². The summed E-state index contributed by atoms with van der Waals surface area (Å²) >= 11 is 5.80. The smallest absolute Gasteiger partial charge is 0.146 e. The molecule has 0 aromatic heterocycles. The molecule has 5 heteroatoms. The Balaban J connectivity index is 1.91. The minimum Gasteiger partial charge on any atom is -0.367 e. The second kappa shape index (κ2) is 6.03. The molecule has 1 aromatic carbocycles. The Labute approximate surface area is 111 Å². The first-order chi connectivity index (χ1) is 8.70. The second-order valence-electron chi connectivity index (χ2n) is 4.34. The number of benzene rings is 1. The molecule has 1 heterocycles. The van der Waals surface area contributed by atoms with Crippen molar-refractivity contribution in [2.24, 2.45) is 0 Å². The minimum atomic E-state index is -0.468. The average Bonchev–Trinajstić information content (AvgIpc) is 2.40. The number of anilines is 1. The van der Waals surface area contributed by atoms with Crippen molar-refractivity contribution in [1.29, 1.82) is 5.26 Å². The molecule has 2 rings (SSSR count). The molecule has 1 unspecified atom stereocenters. The molecule has 1 saturated heterocycles. The lowest BCUT2D eigenvalue weighted by Gasteiger charge is -2.36. The summed E-state index contributed by atoms with van der Waals surface area (Å²) in [6.45, 7) is 3.70. The van der Waals surface area contributed by atoms with E-state index in [1.807, 2.05) is 17.0 Å². The van der Waals surface area contributed by atoms with Crippen molar-refractivity contribution in [3.05, 3.63) is 30.1 Å². The van der Waals surface area contributed by atoms with E-state index in [-0.39, 0.29) is 5.82 Å². The molecule has 0 spiro atoms. The van der Waals surface area contributed by atoms with E-state index in [0.29, 0.717) is 12.2 Å². The van der Waals surface area contributed by atoms with E-state index in [4.69, 9.17) is 16.9 Å². The summed E-state index contributed by atoms with van der Waals surface area (Å²) in [5, 5.41) is 8.20. The highest BCUT2D eigenvalue weighted by atomic mass is 35.5. The number of alkyl halides is 1. The predicted octanol–water partition coefficient (Wildman–Crippen LogP) is 2.08. The Morgan fingerprint density at radius 3 is 2.56 bits per heavy atom. The van der Waals surface area contributed by atoms with Gasteiger partial charge in [-0.3, -0.25) is 4.90 Å². The van der Waals surface area contributed by atoms with Crippen LogP contribution in [0.1, 0.15) is 0 Å². The fourth-order valence-corrected chi connectivity index (χ4v) is 2.34. The molecule has 1 fully saturated rings. The van der Waals surface area contributed by atoms with Crippen LogP contribution in [0.25, 0.3) is 0 Å². The molecule has 0 bridgehead atoms. The first kappa shape index (κ1) is 13.1. The maximum absolute atomic E-state index is 13.6. The Kier molecular flexibility index (Phi) is 4.40. The van der Waals surface area contributed by atoms with Gasteiger partial charge >= 0.3 is 0 Å². The van der Waals surface area contributed by atoms with Gasteiger partial charge in [-0.25, -0.2) is 4.39 Å². The maximum atomic E-state index is 13.6. The lowest BCUT2D eigenvalue weighted by atomic mass is 10.2. The van der Waals surface area contributed by atoms with Crippen LogP contribution in [-0.2, 0) is 0 Å². The highest BCUT2D eigenvalue weighted by Crippen LogP contribution is 2.20. The summed E-state index contributed by atoms with van der Waals surface area (Å²) in [6, 6.07) is 8.83. The van der Waals surface area contributed by atoms with Gasteiger partial charge in [-0.05, 0) is 12.1 Å². The van der Waals surface area contributed by atoms with Crippen LogP contribution < -0.4 is 4.90 Å². The van der Waals surface area contributed by atoms with Gasteiger partial charge in [0.15, 0.2) is 0 Å². The van der Waals surface area contributed by atoms with E-state index < -0.39 is 5.38 Å². The minimum absolute atomic E-state index is 0.182. The standard InChI is InChI=1S/C13H15ClFN3/c14-11(9-16)10-17-5-7-18(8-6-17)13-4-2-1-3-12(13)15/h1-4,11H,5-8,10H2. The number of hydrogen-bond donors (Lipinski definition) is 0. The molecule has 0 aliphatic carbocycles. The molecular formula is C13H15ClFN3. The molecule has 3 nitrogen and oxygen atoms in total. The number of halogens is 2. The largest absolute Gasteiger partial charge is 0.367 e. The number of nitriles is 1. The van der Waals surface area contributed by atoms with Crippen molar-refractivity contribution in [3.63, 3.8) is 0 Å². The van der Waals surface area contributed by atoms with Crippen LogP contribution in [0.2, 0.25) is 0 Å². The molecule has 1 aliphatic heterocycles. The number of piperazine rings is 1. The van der Waals surface area contributed by atoms with Crippen molar-refractivity contribution >= 4 is 17.3 Å². The van der Waals surface area contributed by atoms with Crippen molar-refractivity contribution in [2.75, 3.05) is 37.6 Å². The van der Waals surface area contributed by atoms with Gasteiger partial charge in [0.25, 0.3) is 0 Å². The van der Waals surface area contributed by atoms with Crippen LogP contribution in [-0.4, -0.2) is 43.0 Å². The molecule has 1 aliphatic rings. The monoisotopic (exact) mass is 267 g/mol. The fraction of sp³-hybridized carbons (Fsp3) is 0.462. The molecular weight excluding hydrogens is 253 g/mol. The quantitative estimate of drug-likeness (QED) is 0.786. The number of rotatable bonds is 3. The summed E-state index contributed by atoms with van der Waals surface area (Å²) in [4.78, 5) is 4.17. The lowest BCUT2D eigenvalue weighted by molar-refractivity contribution is 0.264. The third-order valence-electron chi connectivity index (χ3n) is 3.12. The molecule has 1 atom stereocenters. The molecule has 0 amide bonds. The van der Waals surface area contributed by atoms with E-state index in [1.165, 1.54) is 6.07 Å². The van der Waals surface area contributed by atoms with Gasteiger partial charge in [-0.1, -0.05) is 12.1 Å². The van der Waals surface area contributed by atoms with Crippen LogP contribution in [0, 0.1) is 17.1 Å². The predicted molar refractivity (Wildman–Crippen MR) is 70.3 cm³/mol. The first-order valence-corrected chi connectivity index (χ1v) is 6.40. The van der Waals surface area contributed by atoms with Crippen molar-refractivity contribution < 1.29 is 4.39 Å². The zero-order chi connectivity index (χ0) is 13.0. The van der Waals surface area contributed by atoms with Gasteiger partial charge in [-0.2, -0.15) is 5.26 Å². The summed E-state index contributed by atoms with van der Waals surface area (Å²) < 4.78 is 13.6. The van der Waals surface area contributed by atoms with Crippen LogP contribution in [0.4, 0.5) is 10.1 Å². The number of para-hydroxylation sites is 1. The van der Waals surface area contributed by atoms with Crippen LogP contribution >= 0.6 is 11.6 Å². The third-order valence-corrected chi connectivity index (χ3v) is 3.36. The van der Waals surface area contributed by atoms with Gasteiger partial charge in [0.2, 0.25) is 0 Å². The van der Waals surface area contributed by atoms with E-state index in [1.54, 1.807) is 12.1 Å². The molecule has 0 N–H and O–H groups in total. The van der Waals surface area contributed by atoms with Crippen LogP contribution in [0.3, 0.4) is 0 Å². The first-order valence-electron chi connectivity index (χ1n) is 5.96. The van der Waals surface area contributed by atoms with Crippen molar-refractivity contribution in [3.8, 4) is 6.07 Å². The zero-order valence-corrected chi connectivity index (χ0v) is 10.8. The highest BCUT2D eigenvalue weighted by Gasteiger charge is 2.20. The average molecular weight is 268 g/mol. The van der Waals surface area contributed by atoms with E-state index in [0.717, 1.165) is 26.2 Å². The molecule has 96 valence electrons. The Bertz CT molecular complexity index is 438. The normalized spacial score (nSPS) is 18.4. The third kappa shape index (κ3) is 3.12. The molecule has 1 aromatic rings. The van der Waals surface area contributed by atoms with Gasteiger partial charge in [0.05, 0.1) is 11.8 Å². The molecule has 18 heavy (non-hydrogen) atoms. The van der Waals surface area contributed by atoms with Gasteiger partial charge in [0, 0.05) is 32.7 Å². The molecule has 0 saturated carbocycles. The zero-order valence-electron chi connectivity index (χ0n) is 10.0. The Hall–Kier alpha value is -1.31. The fourth-order valence-electron chi connectivity index (χ4n) is 2.15. The number of hydrogen-bond acceptors (Lipinski definition) is 3. The van der Waals surface area contributed by atoms with Crippen LogP contribution in [0.5, 0.6) is 0 Å². The molecule has 0 radical (unpaired) electrons. The SMILES string of the molecule is N#CC(Cl)CN1CCN(c2ccccc2F)CC1. The lowest BCUT2D eigenvalue weighted by Crippen LogP contribution is -2.48. The van der Waals surface area contributed by atoms with Gasteiger partial charge in [0.1, 0.15) is 11.2 Å². The van der Waals surface area contributed by atoms with Crippen LogP contribution in [0.15, 0.2) is 24.3 Å². The van der Waals surface area contributed by atoms with E-state index >= 15 is 0 Å². The van der Waals surface area contributed by atoms with Gasteiger partial charge < -0.3 is 4.90 Å². The summed E-state index contributed by atoms with van der Waals surface area (Å²) in [5.74, 6) is -0.182. The Morgan fingerprint density at radius 2 is 1.94 bits per heavy atom. The van der Waals surface area contributed by atoms with E-state index in [9.17, 15) is 4.39 Å². The summed E-state index contributed by atoms with van der Waals surface area (Å²) in [5.41, 5.74) is 0.653. The number of nitrogens with zero attached hydrogens (tertiary/aromatic N) is 3. The van der Waals surface area contributed by atoms with Crippen molar-refractivity contribution in [2.45, 2.75) is 5.38 Å². The summed E-state index contributed by atoms with van der Waals surface area (Å²) in [7, 11) is 0. The Morgan fingerprint density at radius 1 is 1.28 bits per heavy atom. The highest BCUT2D eigenvalue weighted by molar-refractivity contribution is 6.22. The topological polar surface area (TPSA) is 30.3 Å². The maximum Gasteiger partial charge on any atom is 0.146 e. The second-order valence-corrected chi connectivity index (χ2v) is 4.86. The van der Waals surface area contributed by atoms with E-state index in [2.05, 4.69) is 4.90 Å². The van der Waals surface area contributed by atoms with Gasteiger partial charge in [-0.15, -0.1) is 11.6 Å².